The highest BCUT2D eigenvalue weighted by Gasteiger charge is 2.33. The van der Waals surface area contributed by atoms with Crippen LogP contribution >= 0.6 is 0 Å². The Bertz CT molecular complexity index is 1210. The average molecular weight is 519 g/mol. The molecule has 1 heterocycles. The molecular weight excluding hydrogens is 480 g/mol. The van der Waals surface area contributed by atoms with Crippen molar-refractivity contribution < 1.29 is 19.0 Å². The summed E-state index contributed by atoms with van der Waals surface area (Å²) in [7, 11) is 3.84. The molecule has 0 saturated heterocycles. The van der Waals surface area contributed by atoms with E-state index in [1.807, 2.05) is 64.0 Å². The smallest absolute Gasteiger partial charge is 0.407 e. The molecule has 202 valence electrons. The number of nitrogens with one attached hydrogen (secondary N) is 1. The van der Waals surface area contributed by atoms with Gasteiger partial charge in [-0.05, 0) is 56.2 Å². The van der Waals surface area contributed by atoms with Crippen LogP contribution in [-0.2, 0) is 10.2 Å². The number of alkyl carbamates (subject to hydrolysis) is 1. The molecule has 0 spiro atoms. The predicted octanol–water partition coefficient (Wildman–Crippen LogP) is 6.10. The molecule has 0 aliphatic heterocycles. The number of nitrogens with zero attached hydrogens (tertiary/aromatic N) is 3. The zero-order valence-corrected chi connectivity index (χ0v) is 23.3. The van der Waals surface area contributed by atoms with Gasteiger partial charge in [0.2, 0.25) is 5.88 Å². The van der Waals surface area contributed by atoms with Gasteiger partial charge in [-0.2, -0.15) is 0 Å². The molecule has 0 atom stereocenters. The van der Waals surface area contributed by atoms with Gasteiger partial charge in [0, 0.05) is 38.4 Å². The summed E-state index contributed by atoms with van der Waals surface area (Å²) in [6.45, 7) is 9.97. The molecule has 0 radical (unpaired) electrons. The normalized spacial score (nSPS) is 17.2. The average Bonchev–Trinajstić information content (AvgIpc) is 2.82. The summed E-state index contributed by atoms with van der Waals surface area (Å²) in [4.78, 5) is 22.5. The first-order chi connectivity index (χ1) is 17.9. The highest BCUT2D eigenvalue weighted by molar-refractivity contribution is 5.68. The van der Waals surface area contributed by atoms with Gasteiger partial charge in [0.05, 0.1) is 12.4 Å². The number of hydrogen-bond donors (Lipinski definition) is 1. The quantitative estimate of drug-likeness (QED) is 0.386. The van der Waals surface area contributed by atoms with Crippen LogP contribution in [0.4, 0.5) is 10.6 Å². The fraction of sp³-hybridized carbons (Fsp3) is 0.433. The Balaban J connectivity index is 1.30. The van der Waals surface area contributed by atoms with Crippen molar-refractivity contribution in [2.45, 2.75) is 70.6 Å². The lowest BCUT2D eigenvalue weighted by Crippen LogP contribution is -2.50. The van der Waals surface area contributed by atoms with E-state index in [0.717, 1.165) is 24.4 Å². The van der Waals surface area contributed by atoms with Crippen molar-refractivity contribution in [2.75, 3.05) is 19.0 Å². The number of rotatable bonds is 8. The minimum absolute atomic E-state index is 0.0875. The molecule has 8 nitrogen and oxygen atoms in total. The number of amides is 1. The largest absolute Gasteiger partial charge is 0.490 e. The zero-order valence-electron chi connectivity index (χ0n) is 23.3. The van der Waals surface area contributed by atoms with Crippen LogP contribution in [-0.4, -0.2) is 47.9 Å². The molecule has 38 heavy (non-hydrogen) atoms. The van der Waals surface area contributed by atoms with Crippen molar-refractivity contribution in [3.05, 3.63) is 72.1 Å². The minimum Gasteiger partial charge on any atom is -0.490 e. The molecule has 1 aliphatic carbocycles. The second kappa shape index (κ2) is 10.9. The lowest BCUT2D eigenvalue weighted by molar-refractivity contribution is 0.0363. The Morgan fingerprint density at radius 2 is 1.45 bits per heavy atom. The zero-order chi connectivity index (χ0) is 27.5. The molecule has 1 saturated carbocycles. The highest BCUT2D eigenvalue weighted by atomic mass is 16.6. The molecule has 1 N–H and O–H groups in total. The van der Waals surface area contributed by atoms with Crippen LogP contribution in [0.3, 0.4) is 0 Å². The number of carbonyl (C=O) groups excluding carboxylic acids is 1. The summed E-state index contributed by atoms with van der Waals surface area (Å²) in [6, 6.07) is 16.4. The van der Waals surface area contributed by atoms with Gasteiger partial charge in [-0.1, -0.05) is 38.1 Å². The molecular formula is C30H38N4O4. The summed E-state index contributed by atoms with van der Waals surface area (Å²) < 4.78 is 17.3. The Morgan fingerprint density at radius 3 is 1.95 bits per heavy atom. The number of ether oxygens (including phenoxy) is 3. The molecule has 0 bridgehead atoms. The van der Waals surface area contributed by atoms with E-state index in [-0.39, 0.29) is 23.7 Å². The molecule has 1 aromatic heterocycles. The summed E-state index contributed by atoms with van der Waals surface area (Å²) in [5, 5.41) is 2.90. The first-order valence-corrected chi connectivity index (χ1v) is 12.9. The maximum atomic E-state index is 11.9. The Hall–Kier alpha value is -3.81. The van der Waals surface area contributed by atoms with E-state index >= 15 is 0 Å². The van der Waals surface area contributed by atoms with Gasteiger partial charge in [0.1, 0.15) is 29.0 Å². The topological polar surface area (TPSA) is 85.8 Å². The predicted molar refractivity (Wildman–Crippen MR) is 148 cm³/mol. The van der Waals surface area contributed by atoms with E-state index in [9.17, 15) is 4.79 Å². The number of anilines is 1. The second-order valence-corrected chi connectivity index (χ2v) is 11.4. The van der Waals surface area contributed by atoms with Crippen LogP contribution in [0.2, 0.25) is 0 Å². The maximum Gasteiger partial charge on any atom is 0.407 e. The number of aromatic nitrogens is 2. The van der Waals surface area contributed by atoms with E-state index in [2.05, 4.69) is 53.4 Å². The van der Waals surface area contributed by atoms with Crippen LogP contribution in [0, 0.1) is 0 Å². The van der Waals surface area contributed by atoms with Crippen LogP contribution in [0.5, 0.6) is 17.4 Å². The third kappa shape index (κ3) is 6.94. The van der Waals surface area contributed by atoms with Gasteiger partial charge < -0.3 is 24.4 Å². The van der Waals surface area contributed by atoms with E-state index in [4.69, 9.17) is 14.2 Å². The van der Waals surface area contributed by atoms with Gasteiger partial charge in [-0.15, -0.1) is 0 Å². The summed E-state index contributed by atoms with van der Waals surface area (Å²) in [5.74, 6) is 2.77. The molecule has 0 unspecified atom stereocenters. The van der Waals surface area contributed by atoms with Crippen molar-refractivity contribution in [3.63, 3.8) is 0 Å². The van der Waals surface area contributed by atoms with Crippen LogP contribution in [0.25, 0.3) is 0 Å². The van der Waals surface area contributed by atoms with Gasteiger partial charge in [0.25, 0.3) is 0 Å². The van der Waals surface area contributed by atoms with Crippen LogP contribution in [0.15, 0.2) is 60.9 Å². The monoisotopic (exact) mass is 518 g/mol. The van der Waals surface area contributed by atoms with E-state index in [1.54, 1.807) is 12.4 Å². The summed E-state index contributed by atoms with van der Waals surface area (Å²) in [5.41, 5.74) is 1.65. The molecule has 2 aromatic carbocycles. The summed E-state index contributed by atoms with van der Waals surface area (Å²) in [6.07, 6.45) is 4.56. The third-order valence-electron chi connectivity index (χ3n) is 6.57. The van der Waals surface area contributed by atoms with Crippen molar-refractivity contribution >= 4 is 11.9 Å². The standard InChI is InChI=1S/C30H38N4O4/c1-29(2,3)38-28(35)33-22-16-25(17-22)36-23-12-8-20(9-13-23)30(4,5)21-10-14-24(15-11-21)37-27-19-31-26(18-32-27)34(6)7/h8-15,18-19,22,25H,16-17H2,1-7H3,(H,33,35)/t22-,25-. The number of hydrogen-bond acceptors (Lipinski definition) is 7. The van der Waals surface area contributed by atoms with Gasteiger partial charge >= 0.3 is 6.09 Å². The Labute approximate surface area is 225 Å². The van der Waals surface area contributed by atoms with Crippen molar-refractivity contribution in [2.24, 2.45) is 0 Å². The second-order valence-electron chi connectivity index (χ2n) is 11.4. The van der Waals surface area contributed by atoms with Gasteiger partial charge in [-0.25, -0.2) is 14.8 Å². The maximum absolute atomic E-state index is 11.9. The van der Waals surface area contributed by atoms with Crippen LogP contribution < -0.4 is 19.7 Å². The van der Waals surface area contributed by atoms with Gasteiger partial charge in [0.15, 0.2) is 0 Å². The third-order valence-corrected chi connectivity index (χ3v) is 6.57. The summed E-state index contributed by atoms with van der Waals surface area (Å²) >= 11 is 0. The van der Waals surface area contributed by atoms with Crippen LogP contribution in [0.1, 0.15) is 58.6 Å². The fourth-order valence-electron chi connectivity index (χ4n) is 4.22. The first kappa shape index (κ1) is 27.2. The number of benzene rings is 2. The first-order valence-electron chi connectivity index (χ1n) is 12.9. The van der Waals surface area contributed by atoms with E-state index in [1.165, 1.54) is 11.1 Å². The molecule has 1 aliphatic rings. The van der Waals surface area contributed by atoms with Crippen molar-refractivity contribution in [1.82, 2.24) is 15.3 Å². The fourth-order valence-corrected chi connectivity index (χ4v) is 4.22. The number of carbonyl (C=O) groups is 1. The lowest BCUT2D eigenvalue weighted by atomic mass is 9.78. The van der Waals surface area contributed by atoms with Crippen molar-refractivity contribution in [1.29, 1.82) is 0 Å². The molecule has 1 fully saturated rings. The SMILES string of the molecule is CN(C)c1cnc(Oc2ccc(C(C)(C)c3ccc(O[C@H]4C[C@H](NC(=O)OC(C)(C)C)C4)cc3)cc2)cn1. The molecule has 3 aromatic rings. The molecule has 1 amide bonds. The molecule has 4 rings (SSSR count). The van der Waals surface area contributed by atoms with Gasteiger partial charge in [-0.3, -0.25) is 0 Å². The lowest BCUT2D eigenvalue weighted by Gasteiger charge is -2.36. The van der Waals surface area contributed by atoms with E-state index < -0.39 is 5.60 Å². The minimum atomic E-state index is -0.497. The Kier molecular flexibility index (Phi) is 7.81. The van der Waals surface area contributed by atoms with E-state index in [0.29, 0.717) is 11.6 Å². The Morgan fingerprint density at radius 1 is 0.868 bits per heavy atom. The van der Waals surface area contributed by atoms with Crippen molar-refractivity contribution in [3.8, 4) is 17.4 Å². The highest BCUT2D eigenvalue weighted by Crippen LogP contribution is 2.35. The molecule has 8 heteroatoms.